The molecule has 0 unspecified atom stereocenters. The van der Waals surface area contributed by atoms with Crippen LogP contribution in [0.1, 0.15) is 46.1 Å². The first-order valence-corrected chi connectivity index (χ1v) is 9.24. The third-order valence-electron chi connectivity index (χ3n) is 4.09. The number of esters is 1. The van der Waals surface area contributed by atoms with Gasteiger partial charge in [-0.25, -0.2) is 9.59 Å². The third kappa shape index (κ3) is 7.06. The molecule has 1 fully saturated rings. The lowest BCUT2D eigenvalue weighted by atomic mass is 9.74. The van der Waals surface area contributed by atoms with Crippen LogP contribution < -0.4 is 5.32 Å². The molecule has 0 bridgehead atoms. The zero-order chi connectivity index (χ0) is 19.9. The minimum Gasteiger partial charge on any atom is -0.463 e. The van der Waals surface area contributed by atoms with Crippen molar-refractivity contribution >= 4 is 12.1 Å². The minimum atomic E-state index is -0.670. The highest BCUT2D eigenvalue weighted by Crippen LogP contribution is 2.37. The molecule has 6 heteroatoms. The van der Waals surface area contributed by atoms with Gasteiger partial charge in [0.1, 0.15) is 5.60 Å². The van der Waals surface area contributed by atoms with Crippen LogP contribution >= 0.6 is 0 Å². The summed E-state index contributed by atoms with van der Waals surface area (Å²) in [5, 5.41) is 2.88. The van der Waals surface area contributed by atoms with Gasteiger partial charge in [-0.1, -0.05) is 36.4 Å². The number of alkyl carbamates (subject to hydrolysis) is 1. The number of carbonyl (C=O) groups excluding carboxylic acids is 2. The number of carbonyl (C=O) groups is 2. The molecule has 0 aliphatic heterocycles. The predicted octanol–water partition coefficient (Wildman–Crippen LogP) is 3.75. The van der Waals surface area contributed by atoms with Gasteiger partial charge in [0.15, 0.2) is 0 Å². The first-order valence-electron chi connectivity index (χ1n) is 9.24. The molecule has 1 aromatic carbocycles. The molecule has 1 aliphatic carbocycles. The topological polar surface area (TPSA) is 73.9 Å². The normalized spacial score (nSPS) is 22.1. The van der Waals surface area contributed by atoms with Gasteiger partial charge in [-0.3, -0.25) is 0 Å². The van der Waals surface area contributed by atoms with E-state index in [4.69, 9.17) is 14.2 Å². The fourth-order valence-corrected chi connectivity index (χ4v) is 2.86. The summed E-state index contributed by atoms with van der Waals surface area (Å²) in [6.45, 7) is 7.98. The fourth-order valence-electron chi connectivity index (χ4n) is 2.86. The van der Waals surface area contributed by atoms with E-state index in [0.717, 1.165) is 5.56 Å². The summed E-state index contributed by atoms with van der Waals surface area (Å²) in [6, 6.07) is 9.91. The number of nitrogens with one attached hydrogen (secondary N) is 1. The molecule has 0 saturated heterocycles. The number of amides is 1. The van der Waals surface area contributed by atoms with E-state index in [1.807, 2.05) is 30.3 Å². The number of hydrogen-bond donors (Lipinski definition) is 1. The van der Waals surface area contributed by atoms with Crippen LogP contribution in [0.3, 0.4) is 0 Å². The van der Waals surface area contributed by atoms with Crippen molar-refractivity contribution in [2.45, 2.75) is 64.4 Å². The van der Waals surface area contributed by atoms with E-state index in [1.54, 1.807) is 33.8 Å². The monoisotopic (exact) mass is 375 g/mol. The number of hydrogen-bond acceptors (Lipinski definition) is 5. The highest BCUT2D eigenvalue weighted by molar-refractivity contribution is 5.82. The Kier molecular flexibility index (Phi) is 7.02. The van der Waals surface area contributed by atoms with Crippen molar-refractivity contribution in [3.63, 3.8) is 0 Å². The van der Waals surface area contributed by atoms with Gasteiger partial charge in [0.2, 0.25) is 0 Å². The maximum Gasteiger partial charge on any atom is 0.408 e. The van der Waals surface area contributed by atoms with Gasteiger partial charge in [0, 0.05) is 18.9 Å². The van der Waals surface area contributed by atoms with Gasteiger partial charge in [-0.15, -0.1) is 0 Å². The van der Waals surface area contributed by atoms with Crippen LogP contribution in [0.2, 0.25) is 0 Å². The van der Waals surface area contributed by atoms with Crippen LogP contribution in [-0.4, -0.2) is 35.9 Å². The van der Waals surface area contributed by atoms with Crippen LogP contribution in [0.4, 0.5) is 4.79 Å². The Morgan fingerprint density at radius 1 is 1.22 bits per heavy atom. The molecule has 0 spiro atoms. The Morgan fingerprint density at radius 2 is 1.89 bits per heavy atom. The Labute approximate surface area is 160 Å². The first kappa shape index (κ1) is 21.0. The summed E-state index contributed by atoms with van der Waals surface area (Å²) < 4.78 is 16.2. The molecule has 0 heterocycles. The van der Waals surface area contributed by atoms with Gasteiger partial charge < -0.3 is 19.5 Å². The van der Waals surface area contributed by atoms with E-state index >= 15 is 0 Å². The smallest absolute Gasteiger partial charge is 0.408 e. The Balaban J connectivity index is 1.95. The average Bonchev–Trinajstić information content (AvgIpc) is 2.55. The highest BCUT2D eigenvalue weighted by atomic mass is 16.6. The van der Waals surface area contributed by atoms with Crippen LogP contribution in [-0.2, 0) is 25.6 Å². The van der Waals surface area contributed by atoms with Crippen LogP contribution in [0, 0.1) is 0 Å². The van der Waals surface area contributed by atoms with Crippen molar-refractivity contribution in [1.82, 2.24) is 5.32 Å². The largest absolute Gasteiger partial charge is 0.463 e. The van der Waals surface area contributed by atoms with Crippen LogP contribution in [0.5, 0.6) is 0 Å². The van der Waals surface area contributed by atoms with Crippen molar-refractivity contribution in [3.8, 4) is 0 Å². The number of ether oxygens (including phenoxy) is 3. The molecule has 1 aliphatic rings. The molecule has 0 atom stereocenters. The van der Waals surface area contributed by atoms with Crippen molar-refractivity contribution < 1.29 is 23.8 Å². The number of benzene rings is 1. The molecule has 6 nitrogen and oxygen atoms in total. The van der Waals surface area contributed by atoms with Crippen LogP contribution in [0.15, 0.2) is 42.5 Å². The average molecular weight is 375 g/mol. The summed E-state index contributed by atoms with van der Waals surface area (Å²) in [5.74, 6) is -0.434. The lowest BCUT2D eigenvalue weighted by Gasteiger charge is -2.45. The fraction of sp³-hybridized carbons (Fsp3) is 0.524. The molecule has 148 valence electrons. The zero-order valence-electron chi connectivity index (χ0n) is 16.5. The Bertz CT molecular complexity index is 657. The predicted molar refractivity (Wildman–Crippen MR) is 102 cm³/mol. The molecule has 1 aromatic rings. The molecule has 0 radical (unpaired) electrons. The third-order valence-corrected chi connectivity index (χ3v) is 4.09. The first-order chi connectivity index (χ1) is 12.7. The zero-order valence-corrected chi connectivity index (χ0v) is 16.5. The summed E-state index contributed by atoms with van der Waals surface area (Å²) in [5.41, 5.74) is -0.170. The van der Waals surface area contributed by atoms with Crippen molar-refractivity contribution in [2.75, 3.05) is 6.61 Å². The molecule has 27 heavy (non-hydrogen) atoms. The molecular weight excluding hydrogens is 346 g/mol. The molecule has 1 saturated carbocycles. The van der Waals surface area contributed by atoms with Gasteiger partial charge in [0.05, 0.1) is 24.9 Å². The van der Waals surface area contributed by atoms with Crippen molar-refractivity contribution in [2.24, 2.45) is 0 Å². The van der Waals surface area contributed by atoms with Gasteiger partial charge in [0.25, 0.3) is 0 Å². The number of rotatable bonds is 7. The molecule has 1 N–H and O–H groups in total. The van der Waals surface area contributed by atoms with Crippen LogP contribution in [0.25, 0.3) is 0 Å². The lowest BCUT2D eigenvalue weighted by molar-refractivity contribution is -0.137. The summed E-state index contributed by atoms with van der Waals surface area (Å²) in [4.78, 5) is 23.9. The maximum absolute atomic E-state index is 12.2. The molecule has 0 aromatic heterocycles. The summed E-state index contributed by atoms with van der Waals surface area (Å²) in [7, 11) is 0. The maximum atomic E-state index is 12.2. The van der Waals surface area contributed by atoms with E-state index in [9.17, 15) is 9.59 Å². The summed E-state index contributed by atoms with van der Waals surface area (Å²) in [6.07, 6.45) is 3.64. The van der Waals surface area contributed by atoms with Crippen molar-refractivity contribution in [3.05, 3.63) is 48.0 Å². The van der Waals surface area contributed by atoms with Gasteiger partial charge >= 0.3 is 12.1 Å². The second-order valence-corrected chi connectivity index (χ2v) is 7.70. The van der Waals surface area contributed by atoms with Crippen molar-refractivity contribution in [1.29, 1.82) is 0 Å². The van der Waals surface area contributed by atoms with Gasteiger partial charge in [-0.05, 0) is 33.3 Å². The second kappa shape index (κ2) is 9.04. The molecule has 1 amide bonds. The van der Waals surface area contributed by atoms with E-state index in [2.05, 4.69) is 5.32 Å². The van der Waals surface area contributed by atoms with E-state index in [1.165, 1.54) is 6.08 Å². The lowest BCUT2D eigenvalue weighted by Crippen LogP contribution is -2.59. The SMILES string of the molecule is CCOC(=O)C=CC1(NC(=O)OC(C)(C)C)CC(OCc2ccccc2)C1. The van der Waals surface area contributed by atoms with E-state index in [-0.39, 0.29) is 6.10 Å². The second-order valence-electron chi connectivity index (χ2n) is 7.70. The highest BCUT2D eigenvalue weighted by Gasteiger charge is 2.45. The summed E-state index contributed by atoms with van der Waals surface area (Å²) >= 11 is 0. The van der Waals surface area contributed by atoms with E-state index < -0.39 is 23.2 Å². The molecular formula is C21H29NO5. The Morgan fingerprint density at radius 3 is 2.48 bits per heavy atom. The standard InChI is InChI=1S/C21H29NO5/c1-5-25-18(23)11-12-21(22-19(24)27-20(2,3)4)13-17(14-21)26-15-16-9-7-6-8-10-16/h6-12,17H,5,13-15H2,1-4H3,(H,22,24). The minimum absolute atomic E-state index is 0.00742. The van der Waals surface area contributed by atoms with Gasteiger partial charge in [-0.2, -0.15) is 0 Å². The van der Waals surface area contributed by atoms with E-state index in [0.29, 0.717) is 26.1 Å². The Hall–Kier alpha value is -2.34. The quantitative estimate of drug-likeness (QED) is 0.580. The molecule has 2 rings (SSSR count).